The number of carbonyl (C=O) groups excluding carboxylic acids is 1. The van der Waals surface area contributed by atoms with Crippen molar-refractivity contribution in [2.75, 3.05) is 19.7 Å². The number of rotatable bonds is 5. The summed E-state index contributed by atoms with van der Waals surface area (Å²) in [6.45, 7) is 0.742. The molecule has 1 aliphatic heterocycles. The highest BCUT2D eigenvalue weighted by molar-refractivity contribution is 5.96. The van der Waals surface area contributed by atoms with Gasteiger partial charge in [-0.05, 0) is 30.0 Å². The normalized spacial score (nSPS) is 17.3. The van der Waals surface area contributed by atoms with Gasteiger partial charge in [-0.15, -0.1) is 0 Å². The van der Waals surface area contributed by atoms with Gasteiger partial charge in [0.2, 0.25) is 0 Å². The lowest BCUT2D eigenvalue weighted by Crippen LogP contribution is -2.48. The van der Waals surface area contributed by atoms with Gasteiger partial charge in [0, 0.05) is 12.1 Å². The lowest BCUT2D eigenvalue weighted by molar-refractivity contribution is -0.154. The summed E-state index contributed by atoms with van der Waals surface area (Å²) in [5, 5.41) is 9.11. The van der Waals surface area contributed by atoms with Gasteiger partial charge in [0.25, 0.3) is 5.91 Å². The third-order valence-electron chi connectivity index (χ3n) is 4.40. The summed E-state index contributed by atoms with van der Waals surface area (Å²) in [6, 6.07) is 17.7. The Morgan fingerprint density at radius 1 is 1.04 bits per heavy atom. The Morgan fingerprint density at radius 3 is 2.52 bits per heavy atom. The molecule has 0 unspecified atom stereocenters. The molecule has 5 heteroatoms. The maximum Gasteiger partial charge on any atom is 0.334 e. The van der Waals surface area contributed by atoms with Crippen LogP contribution in [0.5, 0.6) is 0 Å². The van der Waals surface area contributed by atoms with Crippen LogP contribution in [0.25, 0.3) is 0 Å². The van der Waals surface area contributed by atoms with Crippen LogP contribution < -0.4 is 0 Å². The molecule has 1 saturated heterocycles. The van der Waals surface area contributed by atoms with Crippen LogP contribution >= 0.6 is 0 Å². The molecule has 0 aromatic heterocycles. The SMILES string of the molecule is O=C(O)[C@H]1CN(C(=O)c2ccccc2CCc2ccccc2)CCO1. The highest BCUT2D eigenvalue weighted by Crippen LogP contribution is 2.17. The van der Waals surface area contributed by atoms with E-state index in [4.69, 9.17) is 9.84 Å². The van der Waals surface area contributed by atoms with Crippen LogP contribution in [0.2, 0.25) is 0 Å². The lowest BCUT2D eigenvalue weighted by atomic mass is 9.99. The molecule has 1 N–H and O–H groups in total. The first-order valence-electron chi connectivity index (χ1n) is 8.40. The third-order valence-corrected chi connectivity index (χ3v) is 4.40. The number of hydrogen-bond acceptors (Lipinski definition) is 3. The Balaban J connectivity index is 1.73. The molecule has 130 valence electrons. The van der Waals surface area contributed by atoms with E-state index in [0.29, 0.717) is 12.1 Å². The number of hydrogen-bond donors (Lipinski definition) is 1. The molecule has 2 aromatic carbocycles. The van der Waals surface area contributed by atoms with Crippen molar-refractivity contribution >= 4 is 11.9 Å². The predicted octanol–water partition coefficient (Wildman–Crippen LogP) is 2.40. The Bertz CT molecular complexity index is 744. The highest BCUT2D eigenvalue weighted by atomic mass is 16.5. The summed E-state index contributed by atoms with van der Waals surface area (Å²) in [7, 11) is 0. The summed E-state index contributed by atoms with van der Waals surface area (Å²) in [5.41, 5.74) is 2.85. The molecule has 0 saturated carbocycles. The molecular weight excluding hydrogens is 318 g/mol. The van der Waals surface area contributed by atoms with Crippen molar-refractivity contribution in [3.63, 3.8) is 0 Å². The second kappa shape index (κ2) is 7.94. The van der Waals surface area contributed by atoms with E-state index in [2.05, 4.69) is 12.1 Å². The topological polar surface area (TPSA) is 66.8 Å². The van der Waals surface area contributed by atoms with Crippen molar-refractivity contribution in [2.45, 2.75) is 18.9 Å². The fourth-order valence-corrected chi connectivity index (χ4v) is 3.02. The quantitative estimate of drug-likeness (QED) is 0.908. The zero-order valence-corrected chi connectivity index (χ0v) is 13.9. The highest BCUT2D eigenvalue weighted by Gasteiger charge is 2.30. The lowest BCUT2D eigenvalue weighted by Gasteiger charge is -2.31. The number of benzene rings is 2. The minimum absolute atomic E-state index is 0.0845. The Kier molecular flexibility index (Phi) is 5.46. The van der Waals surface area contributed by atoms with Gasteiger partial charge in [-0.25, -0.2) is 4.79 Å². The number of carboxylic acids is 1. The summed E-state index contributed by atoms with van der Waals surface area (Å²) < 4.78 is 5.20. The van der Waals surface area contributed by atoms with Crippen molar-refractivity contribution in [3.8, 4) is 0 Å². The average Bonchev–Trinajstić information content (AvgIpc) is 2.67. The molecule has 3 rings (SSSR count). The Labute approximate surface area is 146 Å². The molecule has 0 bridgehead atoms. The van der Waals surface area contributed by atoms with Crippen molar-refractivity contribution in [1.82, 2.24) is 4.90 Å². The van der Waals surface area contributed by atoms with Crippen molar-refractivity contribution in [3.05, 3.63) is 71.3 Å². The minimum atomic E-state index is -1.03. The van der Waals surface area contributed by atoms with Gasteiger partial charge < -0.3 is 14.7 Å². The van der Waals surface area contributed by atoms with Crippen LogP contribution in [0.3, 0.4) is 0 Å². The summed E-state index contributed by atoms with van der Waals surface area (Å²) in [4.78, 5) is 25.6. The number of amides is 1. The van der Waals surface area contributed by atoms with Crippen molar-refractivity contribution in [1.29, 1.82) is 0 Å². The number of aryl methyl sites for hydroxylation is 2. The zero-order chi connectivity index (χ0) is 17.6. The van der Waals surface area contributed by atoms with Gasteiger partial charge in [0.1, 0.15) is 0 Å². The van der Waals surface area contributed by atoms with Crippen LogP contribution in [-0.2, 0) is 22.4 Å². The van der Waals surface area contributed by atoms with Gasteiger partial charge in [-0.2, -0.15) is 0 Å². The standard InChI is InChI=1S/C20H21NO4/c22-19(21-12-13-25-18(14-21)20(23)24)17-9-5-4-8-16(17)11-10-15-6-2-1-3-7-15/h1-9,18H,10-14H2,(H,23,24)/t18-/m1/s1. The molecule has 1 atom stereocenters. The monoisotopic (exact) mass is 339 g/mol. The number of aliphatic carboxylic acids is 1. The number of carboxylic acid groups (broad SMARTS) is 1. The minimum Gasteiger partial charge on any atom is -0.479 e. The van der Waals surface area contributed by atoms with E-state index >= 15 is 0 Å². The molecule has 0 radical (unpaired) electrons. The second-order valence-electron chi connectivity index (χ2n) is 6.09. The van der Waals surface area contributed by atoms with E-state index in [0.717, 1.165) is 18.4 Å². The fraction of sp³-hybridized carbons (Fsp3) is 0.300. The number of morpholine rings is 1. The first kappa shape index (κ1) is 17.2. The van der Waals surface area contributed by atoms with Crippen LogP contribution in [0.15, 0.2) is 54.6 Å². The van der Waals surface area contributed by atoms with E-state index in [1.54, 1.807) is 4.90 Å². The molecule has 1 amide bonds. The maximum atomic E-state index is 12.9. The molecule has 1 fully saturated rings. The van der Waals surface area contributed by atoms with Crippen molar-refractivity contribution < 1.29 is 19.4 Å². The van der Waals surface area contributed by atoms with Gasteiger partial charge in [-0.1, -0.05) is 48.5 Å². The van der Waals surface area contributed by atoms with Crippen molar-refractivity contribution in [2.24, 2.45) is 0 Å². The first-order valence-corrected chi connectivity index (χ1v) is 8.40. The van der Waals surface area contributed by atoms with E-state index in [1.165, 1.54) is 5.56 Å². The number of carbonyl (C=O) groups is 2. The summed E-state index contributed by atoms with van der Waals surface area (Å²) >= 11 is 0. The summed E-state index contributed by atoms with van der Waals surface area (Å²) in [5.74, 6) is -1.16. The van der Waals surface area contributed by atoms with Crippen LogP contribution in [0.1, 0.15) is 21.5 Å². The largest absolute Gasteiger partial charge is 0.479 e. The molecule has 1 heterocycles. The molecular formula is C20H21NO4. The van der Waals surface area contributed by atoms with Crippen LogP contribution in [0.4, 0.5) is 0 Å². The fourth-order valence-electron chi connectivity index (χ4n) is 3.02. The number of ether oxygens (including phenoxy) is 1. The van der Waals surface area contributed by atoms with Crippen LogP contribution in [-0.4, -0.2) is 47.7 Å². The van der Waals surface area contributed by atoms with E-state index in [-0.39, 0.29) is 19.1 Å². The van der Waals surface area contributed by atoms with Gasteiger partial charge in [0.05, 0.1) is 13.2 Å². The molecule has 5 nitrogen and oxygen atoms in total. The van der Waals surface area contributed by atoms with Crippen LogP contribution in [0, 0.1) is 0 Å². The smallest absolute Gasteiger partial charge is 0.334 e. The molecule has 25 heavy (non-hydrogen) atoms. The first-order chi connectivity index (χ1) is 12.1. The molecule has 2 aromatic rings. The molecule has 0 spiro atoms. The number of nitrogens with zero attached hydrogens (tertiary/aromatic N) is 1. The molecule has 0 aliphatic carbocycles. The van der Waals surface area contributed by atoms with Gasteiger partial charge >= 0.3 is 5.97 Å². The van der Waals surface area contributed by atoms with E-state index in [1.807, 2.05) is 42.5 Å². The Morgan fingerprint density at radius 2 is 1.76 bits per heavy atom. The second-order valence-corrected chi connectivity index (χ2v) is 6.09. The van der Waals surface area contributed by atoms with Gasteiger partial charge in [0.15, 0.2) is 6.10 Å². The zero-order valence-electron chi connectivity index (χ0n) is 13.9. The average molecular weight is 339 g/mol. The molecule has 1 aliphatic rings. The van der Waals surface area contributed by atoms with E-state index in [9.17, 15) is 9.59 Å². The predicted molar refractivity (Wildman–Crippen MR) is 93.6 cm³/mol. The maximum absolute atomic E-state index is 12.9. The van der Waals surface area contributed by atoms with E-state index < -0.39 is 12.1 Å². The Hall–Kier alpha value is -2.66. The third kappa shape index (κ3) is 4.25. The summed E-state index contributed by atoms with van der Waals surface area (Å²) in [6.07, 6.45) is 0.666. The van der Waals surface area contributed by atoms with Gasteiger partial charge in [-0.3, -0.25) is 4.79 Å².